The molecule has 1 aromatic heterocycles. The quantitative estimate of drug-likeness (QED) is 0.538. The van der Waals surface area contributed by atoms with Crippen LogP contribution in [0.3, 0.4) is 0 Å². The number of ether oxygens (including phenoxy) is 1. The normalized spacial score (nSPS) is 13.0. The first-order chi connectivity index (χ1) is 14.1. The van der Waals surface area contributed by atoms with Gasteiger partial charge in [0.1, 0.15) is 11.6 Å². The summed E-state index contributed by atoms with van der Waals surface area (Å²) in [5.74, 6) is -1.35. The van der Waals surface area contributed by atoms with Crippen LogP contribution in [-0.4, -0.2) is 37.9 Å². The number of thiazole rings is 1. The summed E-state index contributed by atoms with van der Waals surface area (Å²) in [7, 11) is -2.91. The summed E-state index contributed by atoms with van der Waals surface area (Å²) < 4.78 is 33.7. The van der Waals surface area contributed by atoms with Crippen molar-refractivity contribution in [3.63, 3.8) is 0 Å². The molecule has 0 aliphatic heterocycles. The van der Waals surface area contributed by atoms with Gasteiger partial charge in [0.15, 0.2) is 0 Å². The van der Waals surface area contributed by atoms with E-state index in [2.05, 4.69) is 15.0 Å². The van der Waals surface area contributed by atoms with Gasteiger partial charge in [-0.15, -0.1) is 11.3 Å². The molecule has 3 rings (SSSR count). The maximum atomic E-state index is 13.0. The van der Waals surface area contributed by atoms with Crippen LogP contribution in [0.25, 0.3) is 10.2 Å². The van der Waals surface area contributed by atoms with E-state index < -0.39 is 33.5 Å². The number of benzene rings is 2. The van der Waals surface area contributed by atoms with Crippen LogP contribution in [0.1, 0.15) is 25.5 Å². The standard InChI is InChI=1S/C20H21N3O5S2/c1-20(2,18(25)28-3)22-17(24)16(13-9-5-4-6-10-13)23-30(26,27)19-21-14-11-7-8-12-15(14)29-19/h4-12,16,23H,1-3H3,(H,22,24)/t16-/m1/s1. The molecule has 0 aliphatic carbocycles. The number of fused-ring (bicyclic) bond motifs is 1. The third kappa shape index (κ3) is 4.66. The molecule has 3 aromatic rings. The van der Waals surface area contributed by atoms with Crippen LogP contribution in [0, 0.1) is 0 Å². The highest BCUT2D eigenvalue weighted by Crippen LogP contribution is 2.26. The Bertz CT molecular complexity index is 1140. The number of nitrogens with one attached hydrogen (secondary N) is 2. The summed E-state index contributed by atoms with van der Waals surface area (Å²) in [4.78, 5) is 29.1. The van der Waals surface area contributed by atoms with E-state index in [0.717, 1.165) is 11.3 Å². The van der Waals surface area contributed by atoms with Crippen LogP contribution < -0.4 is 10.0 Å². The second-order valence-electron chi connectivity index (χ2n) is 7.02. The summed E-state index contributed by atoms with van der Waals surface area (Å²) >= 11 is 1.01. The third-order valence-corrected chi connectivity index (χ3v) is 7.14. The number of hydrogen-bond donors (Lipinski definition) is 2. The summed E-state index contributed by atoms with van der Waals surface area (Å²) in [5, 5.41) is 2.55. The number of methoxy groups -OCH3 is 1. The lowest BCUT2D eigenvalue weighted by Gasteiger charge is -2.26. The van der Waals surface area contributed by atoms with Gasteiger partial charge >= 0.3 is 5.97 Å². The molecular weight excluding hydrogens is 426 g/mol. The van der Waals surface area contributed by atoms with E-state index in [1.54, 1.807) is 54.6 Å². The van der Waals surface area contributed by atoms with Crippen molar-refractivity contribution in [2.45, 2.75) is 29.8 Å². The maximum absolute atomic E-state index is 13.0. The molecule has 0 radical (unpaired) electrons. The van der Waals surface area contributed by atoms with E-state index in [1.165, 1.54) is 21.0 Å². The van der Waals surface area contributed by atoms with Gasteiger partial charge in [-0.3, -0.25) is 4.79 Å². The number of hydrogen-bond acceptors (Lipinski definition) is 7. The second kappa shape index (κ2) is 8.50. The number of sulfonamides is 1. The average Bonchev–Trinajstić information content (AvgIpc) is 3.17. The van der Waals surface area contributed by atoms with Gasteiger partial charge in [-0.05, 0) is 31.5 Å². The largest absolute Gasteiger partial charge is 0.467 e. The zero-order chi connectivity index (χ0) is 21.9. The first-order valence-electron chi connectivity index (χ1n) is 8.97. The number of carbonyl (C=O) groups is 2. The van der Waals surface area contributed by atoms with Crippen LogP contribution in [0.5, 0.6) is 0 Å². The predicted molar refractivity (Wildman–Crippen MR) is 113 cm³/mol. The molecule has 0 bridgehead atoms. The molecule has 2 aromatic carbocycles. The molecule has 10 heteroatoms. The minimum atomic E-state index is -4.12. The Kier molecular flexibility index (Phi) is 6.20. The molecule has 0 saturated heterocycles. The zero-order valence-corrected chi connectivity index (χ0v) is 18.2. The number of rotatable bonds is 7. The van der Waals surface area contributed by atoms with Crippen molar-refractivity contribution in [2.75, 3.05) is 7.11 Å². The van der Waals surface area contributed by atoms with Crippen LogP contribution in [0.15, 0.2) is 58.9 Å². The van der Waals surface area contributed by atoms with Crippen molar-refractivity contribution < 1.29 is 22.7 Å². The molecular formula is C20H21N3O5S2. The number of aromatic nitrogens is 1. The number of amides is 1. The Labute approximate surface area is 178 Å². The van der Waals surface area contributed by atoms with Crippen molar-refractivity contribution in [1.82, 2.24) is 15.0 Å². The van der Waals surface area contributed by atoms with Gasteiger partial charge in [0.05, 0.1) is 17.3 Å². The highest BCUT2D eigenvalue weighted by atomic mass is 32.2. The van der Waals surface area contributed by atoms with E-state index in [9.17, 15) is 18.0 Å². The molecule has 0 fully saturated rings. The lowest BCUT2D eigenvalue weighted by atomic mass is 10.0. The SMILES string of the molecule is COC(=O)C(C)(C)NC(=O)[C@H](NS(=O)(=O)c1nc2ccccc2s1)c1ccccc1. The number of esters is 1. The van der Waals surface area contributed by atoms with Crippen LogP contribution >= 0.6 is 11.3 Å². The van der Waals surface area contributed by atoms with Gasteiger partial charge < -0.3 is 10.1 Å². The van der Waals surface area contributed by atoms with Crippen LogP contribution in [0.4, 0.5) is 0 Å². The Hall–Kier alpha value is -2.82. The van der Waals surface area contributed by atoms with Gasteiger partial charge in [-0.1, -0.05) is 42.5 Å². The molecule has 0 aliphatic rings. The van der Waals surface area contributed by atoms with Crippen molar-refractivity contribution in [2.24, 2.45) is 0 Å². The number of nitrogens with zero attached hydrogens (tertiary/aromatic N) is 1. The number of para-hydroxylation sites is 1. The maximum Gasteiger partial charge on any atom is 0.330 e. The molecule has 0 unspecified atom stereocenters. The molecule has 1 atom stereocenters. The molecule has 8 nitrogen and oxygen atoms in total. The van der Waals surface area contributed by atoms with Gasteiger partial charge in [-0.2, -0.15) is 4.72 Å². The lowest BCUT2D eigenvalue weighted by molar-refractivity contribution is -0.149. The van der Waals surface area contributed by atoms with E-state index in [4.69, 9.17) is 4.74 Å². The predicted octanol–water partition coefficient (Wildman–Crippen LogP) is 2.38. The number of carbonyl (C=O) groups excluding carboxylic acids is 2. The molecule has 1 amide bonds. The van der Waals surface area contributed by atoms with Crippen LogP contribution in [0.2, 0.25) is 0 Å². The van der Waals surface area contributed by atoms with Gasteiger partial charge in [0.25, 0.3) is 10.0 Å². The highest BCUT2D eigenvalue weighted by molar-refractivity contribution is 7.91. The molecule has 158 valence electrons. The summed E-state index contributed by atoms with van der Waals surface area (Å²) in [6.45, 7) is 2.95. The molecule has 0 saturated carbocycles. The van der Waals surface area contributed by atoms with Gasteiger partial charge in [0.2, 0.25) is 10.2 Å². The summed E-state index contributed by atoms with van der Waals surface area (Å²) in [6, 6.07) is 14.1. The Morgan fingerprint density at radius 2 is 1.70 bits per heavy atom. The molecule has 0 spiro atoms. The molecule has 1 heterocycles. The fraction of sp³-hybridized carbons (Fsp3) is 0.250. The highest BCUT2D eigenvalue weighted by Gasteiger charge is 2.36. The Balaban J connectivity index is 1.94. The topological polar surface area (TPSA) is 114 Å². The van der Waals surface area contributed by atoms with Crippen molar-refractivity contribution >= 4 is 43.5 Å². The minimum absolute atomic E-state index is 0.148. The van der Waals surface area contributed by atoms with Crippen molar-refractivity contribution in [3.05, 3.63) is 60.2 Å². The lowest BCUT2D eigenvalue weighted by Crippen LogP contribution is -2.53. The third-order valence-electron chi connectivity index (χ3n) is 4.30. The molecule has 2 N–H and O–H groups in total. The van der Waals surface area contributed by atoms with E-state index in [0.29, 0.717) is 15.8 Å². The van der Waals surface area contributed by atoms with Gasteiger partial charge in [0, 0.05) is 0 Å². The van der Waals surface area contributed by atoms with E-state index in [-0.39, 0.29) is 4.34 Å². The fourth-order valence-corrected chi connectivity index (χ4v) is 5.20. The minimum Gasteiger partial charge on any atom is -0.467 e. The monoisotopic (exact) mass is 447 g/mol. The van der Waals surface area contributed by atoms with Crippen LogP contribution in [-0.2, 0) is 24.3 Å². The smallest absolute Gasteiger partial charge is 0.330 e. The first kappa shape index (κ1) is 21.9. The van der Waals surface area contributed by atoms with E-state index in [1.807, 2.05) is 0 Å². The fourth-order valence-electron chi connectivity index (χ4n) is 2.78. The average molecular weight is 448 g/mol. The van der Waals surface area contributed by atoms with Crippen molar-refractivity contribution in [1.29, 1.82) is 0 Å². The summed E-state index contributed by atoms with van der Waals surface area (Å²) in [5.41, 5.74) is -0.379. The first-order valence-corrected chi connectivity index (χ1v) is 11.3. The molecule has 30 heavy (non-hydrogen) atoms. The summed E-state index contributed by atoms with van der Waals surface area (Å²) in [6.07, 6.45) is 0. The Morgan fingerprint density at radius 3 is 2.33 bits per heavy atom. The van der Waals surface area contributed by atoms with E-state index >= 15 is 0 Å². The zero-order valence-electron chi connectivity index (χ0n) is 16.6. The second-order valence-corrected chi connectivity index (χ2v) is 9.94. The Morgan fingerprint density at radius 1 is 1.07 bits per heavy atom. The van der Waals surface area contributed by atoms with Crippen molar-refractivity contribution in [3.8, 4) is 0 Å². The van der Waals surface area contributed by atoms with Gasteiger partial charge in [-0.25, -0.2) is 18.2 Å².